The Morgan fingerprint density at radius 3 is 2.52 bits per heavy atom. The van der Waals surface area contributed by atoms with Crippen molar-refractivity contribution < 1.29 is 14.2 Å². The molecule has 0 fully saturated rings. The number of rotatable bonds is 4. The van der Waals surface area contributed by atoms with Gasteiger partial charge in [0.15, 0.2) is 11.5 Å². The lowest BCUT2D eigenvalue weighted by molar-refractivity contribution is 0.355. The summed E-state index contributed by atoms with van der Waals surface area (Å²) in [5, 5.41) is 0.735. The highest BCUT2D eigenvalue weighted by molar-refractivity contribution is 5.86. The fraction of sp³-hybridized carbons (Fsp3) is 0.133. The summed E-state index contributed by atoms with van der Waals surface area (Å²) in [5.41, 5.74) is 0.710. The molecule has 0 aliphatic rings. The van der Waals surface area contributed by atoms with E-state index >= 15 is 0 Å². The molecular weight excluding hydrogens is 270 g/mol. The first kappa shape index (κ1) is 13.1. The fourth-order valence-corrected chi connectivity index (χ4v) is 1.96. The molecule has 0 unspecified atom stereocenters. The number of hydrogen-bond donors (Lipinski definition) is 0. The molecule has 0 spiro atoms. The van der Waals surface area contributed by atoms with Crippen molar-refractivity contribution in [3.63, 3.8) is 0 Å². The van der Waals surface area contributed by atoms with Gasteiger partial charge in [0.2, 0.25) is 5.88 Å². The van der Waals surface area contributed by atoms with Crippen LogP contribution < -0.4 is 14.2 Å². The number of nitrogens with zero attached hydrogens (tertiary/aromatic N) is 3. The second-order valence-corrected chi connectivity index (χ2v) is 4.19. The summed E-state index contributed by atoms with van der Waals surface area (Å²) >= 11 is 0. The lowest BCUT2D eigenvalue weighted by Gasteiger charge is -2.11. The average molecular weight is 283 g/mol. The van der Waals surface area contributed by atoms with E-state index in [1.165, 1.54) is 6.33 Å². The van der Waals surface area contributed by atoms with Gasteiger partial charge in [0.25, 0.3) is 0 Å². The van der Waals surface area contributed by atoms with E-state index in [9.17, 15) is 0 Å². The summed E-state index contributed by atoms with van der Waals surface area (Å²) in [6.45, 7) is 0. The molecule has 3 rings (SSSR count). The number of aromatic nitrogens is 3. The second kappa shape index (κ2) is 5.62. The van der Waals surface area contributed by atoms with Crippen LogP contribution in [-0.2, 0) is 0 Å². The fourth-order valence-electron chi connectivity index (χ4n) is 1.96. The third-order valence-electron chi connectivity index (χ3n) is 2.95. The van der Waals surface area contributed by atoms with Gasteiger partial charge in [0, 0.05) is 12.3 Å². The second-order valence-electron chi connectivity index (χ2n) is 4.19. The number of fused-ring (bicyclic) bond motifs is 1. The highest BCUT2D eigenvalue weighted by Gasteiger charge is 2.12. The van der Waals surface area contributed by atoms with Crippen LogP contribution in [0.25, 0.3) is 10.9 Å². The van der Waals surface area contributed by atoms with Crippen LogP contribution in [0.1, 0.15) is 0 Å². The van der Waals surface area contributed by atoms with E-state index in [2.05, 4.69) is 15.0 Å². The van der Waals surface area contributed by atoms with E-state index in [1.54, 1.807) is 44.8 Å². The minimum Gasteiger partial charge on any atom is -0.493 e. The smallest absolute Gasteiger partial charge is 0.230 e. The van der Waals surface area contributed by atoms with Crippen molar-refractivity contribution in [2.24, 2.45) is 0 Å². The standard InChI is InChI=1S/C15H13N3O3/c1-19-13-6-11-12(7-14(13)20-2)17-9-18-15(11)21-10-4-3-5-16-8-10/h3-9H,1-2H3. The van der Waals surface area contributed by atoms with E-state index in [1.807, 2.05) is 6.07 Å². The molecule has 0 N–H and O–H groups in total. The van der Waals surface area contributed by atoms with Crippen LogP contribution in [-0.4, -0.2) is 29.2 Å². The SMILES string of the molecule is COc1cc2ncnc(Oc3cccnc3)c2cc1OC. The molecule has 0 bridgehead atoms. The minimum atomic E-state index is 0.439. The molecule has 0 aliphatic carbocycles. The molecule has 0 amide bonds. The normalized spacial score (nSPS) is 10.4. The monoisotopic (exact) mass is 283 g/mol. The van der Waals surface area contributed by atoms with Crippen LogP contribution in [0.4, 0.5) is 0 Å². The van der Waals surface area contributed by atoms with Gasteiger partial charge < -0.3 is 14.2 Å². The van der Waals surface area contributed by atoms with Gasteiger partial charge in [0.1, 0.15) is 12.1 Å². The van der Waals surface area contributed by atoms with Crippen molar-refractivity contribution in [2.75, 3.05) is 14.2 Å². The molecule has 0 saturated heterocycles. The minimum absolute atomic E-state index is 0.439. The summed E-state index contributed by atoms with van der Waals surface area (Å²) in [6, 6.07) is 7.18. The van der Waals surface area contributed by atoms with Crippen LogP contribution in [0, 0.1) is 0 Å². The van der Waals surface area contributed by atoms with Crippen LogP contribution in [0.15, 0.2) is 43.0 Å². The number of methoxy groups -OCH3 is 2. The molecule has 3 aromatic rings. The Kier molecular flexibility index (Phi) is 3.51. The van der Waals surface area contributed by atoms with Crippen molar-refractivity contribution in [2.45, 2.75) is 0 Å². The Morgan fingerprint density at radius 2 is 1.81 bits per heavy atom. The predicted molar refractivity (Wildman–Crippen MR) is 77.0 cm³/mol. The van der Waals surface area contributed by atoms with Crippen molar-refractivity contribution in [3.05, 3.63) is 43.0 Å². The summed E-state index contributed by atoms with van der Waals surface area (Å²) in [4.78, 5) is 12.4. The molecule has 106 valence electrons. The molecule has 6 nitrogen and oxygen atoms in total. The van der Waals surface area contributed by atoms with Gasteiger partial charge >= 0.3 is 0 Å². The molecular formula is C15H13N3O3. The Morgan fingerprint density at radius 1 is 1.00 bits per heavy atom. The van der Waals surface area contributed by atoms with Gasteiger partial charge in [0.05, 0.1) is 31.3 Å². The zero-order valence-corrected chi connectivity index (χ0v) is 11.6. The summed E-state index contributed by atoms with van der Waals surface area (Å²) in [6.07, 6.45) is 4.74. The average Bonchev–Trinajstić information content (AvgIpc) is 2.55. The first-order chi connectivity index (χ1) is 10.3. The highest BCUT2D eigenvalue weighted by atomic mass is 16.5. The van der Waals surface area contributed by atoms with Gasteiger partial charge in [-0.15, -0.1) is 0 Å². The molecule has 2 aromatic heterocycles. The summed E-state index contributed by atoms with van der Waals surface area (Å²) < 4.78 is 16.3. The molecule has 0 radical (unpaired) electrons. The van der Waals surface area contributed by atoms with E-state index in [-0.39, 0.29) is 0 Å². The van der Waals surface area contributed by atoms with Crippen LogP contribution in [0.5, 0.6) is 23.1 Å². The number of benzene rings is 1. The maximum Gasteiger partial charge on any atom is 0.230 e. The molecule has 1 aromatic carbocycles. The van der Waals surface area contributed by atoms with Crippen molar-refractivity contribution in [1.82, 2.24) is 15.0 Å². The van der Waals surface area contributed by atoms with E-state index in [0.29, 0.717) is 28.6 Å². The third-order valence-corrected chi connectivity index (χ3v) is 2.95. The molecule has 0 atom stereocenters. The maximum atomic E-state index is 5.75. The van der Waals surface area contributed by atoms with Crippen LogP contribution in [0.2, 0.25) is 0 Å². The molecule has 21 heavy (non-hydrogen) atoms. The number of ether oxygens (including phenoxy) is 3. The van der Waals surface area contributed by atoms with Gasteiger partial charge in [-0.1, -0.05) is 0 Å². The third kappa shape index (κ3) is 2.55. The maximum absolute atomic E-state index is 5.75. The van der Waals surface area contributed by atoms with Crippen molar-refractivity contribution >= 4 is 10.9 Å². The Balaban J connectivity index is 2.10. The lowest BCUT2D eigenvalue weighted by atomic mass is 10.2. The first-order valence-corrected chi connectivity index (χ1v) is 6.26. The van der Waals surface area contributed by atoms with E-state index in [0.717, 1.165) is 5.39 Å². The van der Waals surface area contributed by atoms with Gasteiger partial charge in [-0.3, -0.25) is 4.98 Å². The van der Waals surface area contributed by atoms with Crippen LogP contribution in [0.3, 0.4) is 0 Å². The quantitative estimate of drug-likeness (QED) is 0.733. The van der Waals surface area contributed by atoms with Gasteiger partial charge in [-0.25, -0.2) is 9.97 Å². The largest absolute Gasteiger partial charge is 0.493 e. The summed E-state index contributed by atoms with van der Waals surface area (Å²) in [5.74, 6) is 2.24. The first-order valence-electron chi connectivity index (χ1n) is 6.26. The molecule has 0 aliphatic heterocycles. The van der Waals surface area contributed by atoms with Crippen LogP contribution >= 0.6 is 0 Å². The molecule has 2 heterocycles. The predicted octanol–water partition coefficient (Wildman–Crippen LogP) is 2.83. The molecule has 6 heteroatoms. The van der Waals surface area contributed by atoms with E-state index < -0.39 is 0 Å². The van der Waals surface area contributed by atoms with Gasteiger partial charge in [-0.05, 0) is 18.2 Å². The highest BCUT2D eigenvalue weighted by Crippen LogP contribution is 2.35. The molecule has 0 saturated carbocycles. The Labute approximate surface area is 121 Å². The van der Waals surface area contributed by atoms with Crippen molar-refractivity contribution in [3.8, 4) is 23.1 Å². The van der Waals surface area contributed by atoms with Crippen molar-refractivity contribution in [1.29, 1.82) is 0 Å². The lowest BCUT2D eigenvalue weighted by Crippen LogP contribution is -1.95. The Bertz CT molecular complexity index is 763. The zero-order valence-electron chi connectivity index (χ0n) is 11.6. The number of hydrogen-bond acceptors (Lipinski definition) is 6. The zero-order chi connectivity index (χ0) is 14.7. The summed E-state index contributed by atoms with van der Waals surface area (Å²) in [7, 11) is 3.16. The van der Waals surface area contributed by atoms with E-state index in [4.69, 9.17) is 14.2 Å². The van der Waals surface area contributed by atoms with Gasteiger partial charge in [-0.2, -0.15) is 0 Å². The number of pyridine rings is 1. The Hall–Kier alpha value is -2.89. The topological polar surface area (TPSA) is 66.4 Å².